The number of benzene rings is 2. The van der Waals surface area contributed by atoms with E-state index in [9.17, 15) is 24.5 Å². The number of hydrogen-bond acceptors (Lipinski definition) is 12. The second-order valence-corrected chi connectivity index (χ2v) is 7.96. The Morgan fingerprint density at radius 3 is 2.18 bits per heavy atom. The smallest absolute Gasteiger partial charge is 0.355 e. The molecular weight excluding hydrogens is 547 g/mol. The number of esters is 2. The number of rotatable bonds is 10. The molecule has 1 amide bonds. The van der Waals surface area contributed by atoms with Crippen molar-refractivity contribution in [3.63, 3.8) is 0 Å². The number of hydrogen-bond donors (Lipinski definition) is 3. The zero-order valence-electron chi connectivity index (χ0n) is 19.6. The molecule has 1 heterocycles. The van der Waals surface area contributed by atoms with Crippen LogP contribution in [0.4, 0.5) is 23.0 Å². The number of hydrazine groups is 1. The monoisotopic (exact) mass is 564 g/mol. The highest BCUT2D eigenvalue weighted by Gasteiger charge is 2.24. The van der Waals surface area contributed by atoms with Gasteiger partial charge in [-0.15, -0.1) is 0 Å². The second-order valence-electron chi connectivity index (χ2n) is 7.12. The van der Waals surface area contributed by atoms with E-state index in [-0.39, 0.29) is 39.2 Å². The minimum Gasteiger partial charge on any atom is -0.482 e. The van der Waals surface area contributed by atoms with Gasteiger partial charge in [0.05, 0.1) is 35.3 Å². The van der Waals surface area contributed by atoms with Crippen LogP contribution in [0.1, 0.15) is 20.7 Å². The first kappa shape index (κ1) is 27.9. The molecule has 0 radical (unpaired) electrons. The molecule has 3 aromatic rings. The maximum Gasteiger partial charge on any atom is 0.355 e. The van der Waals surface area contributed by atoms with Crippen LogP contribution in [-0.2, 0) is 14.3 Å². The van der Waals surface area contributed by atoms with Gasteiger partial charge in [-0.2, -0.15) is 0 Å². The number of nitrogens with one attached hydrogen (secondary N) is 3. The van der Waals surface area contributed by atoms with Gasteiger partial charge < -0.3 is 19.5 Å². The summed E-state index contributed by atoms with van der Waals surface area (Å²) in [5.74, 6) is -2.73. The Bertz CT molecular complexity index is 1370. The molecule has 0 atom stereocenters. The van der Waals surface area contributed by atoms with Crippen LogP contribution in [0.15, 0.2) is 42.7 Å². The van der Waals surface area contributed by atoms with E-state index in [4.69, 9.17) is 27.9 Å². The number of nitrogens with zero attached hydrogens (tertiary/aromatic N) is 3. The fourth-order valence-electron chi connectivity index (χ4n) is 2.94. The zero-order valence-corrected chi connectivity index (χ0v) is 21.1. The van der Waals surface area contributed by atoms with Crippen molar-refractivity contribution in [3.05, 3.63) is 74.0 Å². The molecule has 16 heteroatoms. The van der Waals surface area contributed by atoms with Gasteiger partial charge in [0, 0.05) is 10.7 Å². The number of carbonyl (C=O) groups is 3. The minimum absolute atomic E-state index is 0.0268. The summed E-state index contributed by atoms with van der Waals surface area (Å²) in [7, 11) is 2.30. The van der Waals surface area contributed by atoms with Crippen molar-refractivity contribution in [3.8, 4) is 5.75 Å². The molecule has 0 spiro atoms. The summed E-state index contributed by atoms with van der Waals surface area (Å²) < 4.78 is 14.7. The normalized spacial score (nSPS) is 10.2. The first-order valence-corrected chi connectivity index (χ1v) is 11.1. The Kier molecular flexibility index (Phi) is 9.18. The summed E-state index contributed by atoms with van der Waals surface area (Å²) in [5.41, 5.74) is 3.94. The van der Waals surface area contributed by atoms with Crippen LogP contribution in [0.25, 0.3) is 0 Å². The fourth-order valence-corrected chi connectivity index (χ4v) is 3.41. The molecule has 0 unspecified atom stereocenters. The first-order valence-electron chi connectivity index (χ1n) is 10.3. The molecule has 0 bridgehead atoms. The molecule has 0 saturated heterocycles. The topological polar surface area (TPSA) is 184 Å². The van der Waals surface area contributed by atoms with Gasteiger partial charge in [-0.05, 0) is 36.4 Å². The van der Waals surface area contributed by atoms with E-state index in [1.807, 2.05) is 0 Å². The lowest BCUT2D eigenvalue weighted by Crippen LogP contribution is -2.34. The van der Waals surface area contributed by atoms with E-state index in [0.29, 0.717) is 5.02 Å². The number of nitro groups is 1. The van der Waals surface area contributed by atoms with Crippen molar-refractivity contribution in [2.45, 2.75) is 0 Å². The SMILES string of the molecule is COC(=O)c1cc(Nc2ncnc(NNC(=O)COc3ccc(Cl)cc3Cl)c2[N+](=O)[O-])cc(C(=O)OC)c1. The van der Waals surface area contributed by atoms with Gasteiger partial charge in [-0.1, -0.05) is 23.2 Å². The molecule has 2 aromatic carbocycles. The van der Waals surface area contributed by atoms with E-state index in [2.05, 4.69) is 35.6 Å². The van der Waals surface area contributed by atoms with Crippen LogP contribution in [0.3, 0.4) is 0 Å². The molecule has 0 aliphatic carbocycles. The van der Waals surface area contributed by atoms with Gasteiger partial charge in [-0.25, -0.2) is 19.6 Å². The number of carbonyl (C=O) groups excluding carboxylic acids is 3. The van der Waals surface area contributed by atoms with Gasteiger partial charge in [0.2, 0.25) is 11.6 Å². The van der Waals surface area contributed by atoms with E-state index < -0.39 is 35.1 Å². The average molecular weight is 565 g/mol. The summed E-state index contributed by atoms with van der Waals surface area (Å²) in [6, 6.07) is 8.24. The Morgan fingerprint density at radius 2 is 1.61 bits per heavy atom. The summed E-state index contributed by atoms with van der Waals surface area (Å²) in [4.78, 5) is 54.9. The molecule has 38 heavy (non-hydrogen) atoms. The highest BCUT2D eigenvalue weighted by Crippen LogP contribution is 2.32. The third kappa shape index (κ3) is 6.96. The standard InChI is InChI=1S/C22H18Cl2N6O8/c1-36-21(32)11-5-12(22(33)37-2)7-14(6-11)27-19-18(30(34)35)20(26-10-25-19)29-28-17(31)9-38-16-4-3-13(23)8-15(16)24/h3-8,10H,9H2,1-2H3,(H,28,31)(H2,25,26,27,29). The Labute approximate surface area is 224 Å². The molecular formula is C22H18Cl2N6O8. The largest absolute Gasteiger partial charge is 0.482 e. The van der Waals surface area contributed by atoms with Gasteiger partial charge in [0.15, 0.2) is 6.61 Å². The number of methoxy groups -OCH3 is 2. The maximum atomic E-state index is 12.2. The highest BCUT2D eigenvalue weighted by molar-refractivity contribution is 6.35. The second kappa shape index (κ2) is 12.5. The molecule has 0 saturated carbocycles. The first-order chi connectivity index (χ1) is 18.1. The number of amides is 1. The Balaban J connectivity index is 1.80. The Hall–Kier alpha value is -4.69. The lowest BCUT2D eigenvalue weighted by atomic mass is 10.1. The number of aromatic nitrogens is 2. The predicted molar refractivity (Wildman–Crippen MR) is 135 cm³/mol. The van der Waals surface area contributed by atoms with Crippen LogP contribution >= 0.6 is 23.2 Å². The van der Waals surface area contributed by atoms with Gasteiger partial charge >= 0.3 is 17.6 Å². The van der Waals surface area contributed by atoms with E-state index in [1.165, 1.54) is 36.4 Å². The van der Waals surface area contributed by atoms with Crippen LogP contribution < -0.4 is 20.9 Å². The third-order valence-corrected chi connectivity index (χ3v) is 5.15. The van der Waals surface area contributed by atoms with Crippen molar-refractivity contribution in [1.29, 1.82) is 0 Å². The average Bonchev–Trinajstić information content (AvgIpc) is 2.90. The lowest BCUT2D eigenvalue weighted by Gasteiger charge is -2.13. The summed E-state index contributed by atoms with van der Waals surface area (Å²) in [6.07, 6.45) is 0.985. The van der Waals surface area contributed by atoms with Crippen molar-refractivity contribution < 1.29 is 33.5 Å². The van der Waals surface area contributed by atoms with Crippen LogP contribution in [0, 0.1) is 10.1 Å². The van der Waals surface area contributed by atoms with Crippen LogP contribution in [0.2, 0.25) is 10.0 Å². The molecule has 14 nitrogen and oxygen atoms in total. The molecule has 0 aliphatic rings. The molecule has 1 aromatic heterocycles. The van der Waals surface area contributed by atoms with E-state index in [0.717, 1.165) is 20.5 Å². The molecule has 0 fully saturated rings. The third-order valence-electron chi connectivity index (χ3n) is 4.62. The summed E-state index contributed by atoms with van der Waals surface area (Å²) in [5, 5.41) is 15.1. The van der Waals surface area contributed by atoms with Gasteiger partial charge in [-0.3, -0.25) is 25.8 Å². The van der Waals surface area contributed by atoms with E-state index >= 15 is 0 Å². The van der Waals surface area contributed by atoms with Gasteiger partial charge in [0.1, 0.15) is 12.1 Å². The highest BCUT2D eigenvalue weighted by atomic mass is 35.5. The van der Waals surface area contributed by atoms with Crippen LogP contribution in [-0.4, -0.2) is 53.6 Å². The quantitative estimate of drug-likeness (QED) is 0.185. The number of ether oxygens (including phenoxy) is 3. The molecule has 198 valence electrons. The predicted octanol–water partition coefficient (Wildman–Crippen LogP) is 3.53. The Morgan fingerprint density at radius 1 is 0.974 bits per heavy atom. The lowest BCUT2D eigenvalue weighted by molar-refractivity contribution is -0.383. The number of anilines is 3. The summed E-state index contributed by atoms with van der Waals surface area (Å²) in [6.45, 7) is -0.491. The number of halogens is 2. The van der Waals surface area contributed by atoms with Crippen molar-refractivity contribution in [2.75, 3.05) is 31.6 Å². The van der Waals surface area contributed by atoms with Gasteiger partial charge in [0.25, 0.3) is 5.91 Å². The van der Waals surface area contributed by atoms with E-state index in [1.54, 1.807) is 0 Å². The molecule has 3 rings (SSSR count). The van der Waals surface area contributed by atoms with Crippen molar-refractivity contribution in [1.82, 2.24) is 15.4 Å². The maximum absolute atomic E-state index is 12.2. The van der Waals surface area contributed by atoms with Crippen LogP contribution in [0.5, 0.6) is 5.75 Å². The van der Waals surface area contributed by atoms with Crippen molar-refractivity contribution >= 4 is 64.1 Å². The fraction of sp³-hybridized carbons (Fsp3) is 0.136. The summed E-state index contributed by atoms with van der Waals surface area (Å²) >= 11 is 11.8. The molecule has 3 N–H and O–H groups in total. The van der Waals surface area contributed by atoms with Crippen molar-refractivity contribution in [2.24, 2.45) is 0 Å². The molecule has 0 aliphatic heterocycles. The zero-order chi connectivity index (χ0) is 27.8. The minimum atomic E-state index is -0.799.